The van der Waals surface area contributed by atoms with Crippen molar-refractivity contribution in [2.24, 2.45) is 17.3 Å². The Morgan fingerprint density at radius 2 is 1.70 bits per heavy atom. The van der Waals surface area contributed by atoms with E-state index in [2.05, 4.69) is 0 Å². The zero-order valence-corrected chi connectivity index (χ0v) is 15.6. The van der Waals surface area contributed by atoms with E-state index in [0.717, 1.165) is 6.42 Å². The molecule has 4 bridgehead atoms. The molecule has 0 aromatic carbocycles. The van der Waals surface area contributed by atoms with Gasteiger partial charge < -0.3 is 14.4 Å². The number of esters is 1. The Hall–Kier alpha value is -0.740. The first-order valence-corrected chi connectivity index (χ1v) is 10.3. The molecule has 0 heterocycles. The molecule has 4 rings (SSSR count). The number of unbranched alkanes of at least 4 members (excludes halogenated alkanes) is 1. The summed E-state index contributed by atoms with van der Waals surface area (Å²) < 4.78 is 76.6. The molecule has 0 aromatic heterocycles. The number of carbonyl (C=O) groups is 1. The predicted octanol–water partition coefficient (Wildman–Crippen LogP) is 3.48. The van der Waals surface area contributed by atoms with Crippen LogP contribution < -0.4 is 0 Å². The van der Waals surface area contributed by atoms with E-state index in [4.69, 9.17) is 9.29 Å². The highest BCUT2D eigenvalue weighted by molar-refractivity contribution is 7.80. The van der Waals surface area contributed by atoms with Gasteiger partial charge in [-0.1, -0.05) is 0 Å². The summed E-state index contributed by atoms with van der Waals surface area (Å²) in [6, 6.07) is 0. The molecule has 156 valence electrons. The van der Waals surface area contributed by atoms with Crippen molar-refractivity contribution < 1.29 is 41.0 Å². The van der Waals surface area contributed by atoms with Crippen molar-refractivity contribution in [3.8, 4) is 0 Å². The zero-order valence-electron chi connectivity index (χ0n) is 14.8. The van der Waals surface area contributed by atoms with E-state index in [-0.39, 0.29) is 19.4 Å². The lowest BCUT2D eigenvalue weighted by Gasteiger charge is -2.58. The Morgan fingerprint density at radius 1 is 1.11 bits per heavy atom. The second-order valence-electron chi connectivity index (χ2n) is 8.53. The van der Waals surface area contributed by atoms with Gasteiger partial charge in [-0.2, -0.15) is 17.6 Å². The number of alkyl halides is 4. The van der Waals surface area contributed by atoms with Crippen LogP contribution in [0.3, 0.4) is 0 Å². The van der Waals surface area contributed by atoms with Crippen LogP contribution in [-0.2, 0) is 20.6 Å². The van der Waals surface area contributed by atoms with Crippen LogP contribution in [0.2, 0.25) is 0 Å². The van der Waals surface area contributed by atoms with Gasteiger partial charge in [0.1, 0.15) is 0 Å². The van der Waals surface area contributed by atoms with Gasteiger partial charge in [-0.15, -0.1) is 0 Å². The Morgan fingerprint density at radius 3 is 2.22 bits per heavy atom. The second kappa shape index (κ2) is 6.95. The number of ether oxygens (including phenoxy) is 1. The first kappa shape index (κ1) is 21.0. The number of rotatable bonds is 8. The van der Waals surface area contributed by atoms with Gasteiger partial charge in [0.25, 0.3) is 0 Å². The summed E-state index contributed by atoms with van der Waals surface area (Å²) >= 11 is -3.96. The van der Waals surface area contributed by atoms with E-state index in [1.165, 1.54) is 0 Å². The van der Waals surface area contributed by atoms with Gasteiger partial charge in [0.05, 0.1) is 17.6 Å². The highest BCUT2D eigenvalue weighted by Gasteiger charge is 2.61. The molecule has 4 fully saturated rings. The van der Waals surface area contributed by atoms with E-state index in [1.807, 2.05) is 0 Å². The summed E-state index contributed by atoms with van der Waals surface area (Å²) in [5, 5.41) is 5.61. The fraction of sp³-hybridized carbons (Fsp3) is 0.941. The molecule has 5 nitrogen and oxygen atoms in total. The number of hydrogen-bond acceptors (Lipinski definition) is 4. The maximum Gasteiger partial charge on any atom is 0.406 e. The third kappa shape index (κ3) is 3.89. The lowest BCUT2D eigenvalue weighted by Crippen LogP contribution is -2.58. The van der Waals surface area contributed by atoms with Gasteiger partial charge in [-0.3, -0.25) is 4.79 Å². The van der Waals surface area contributed by atoms with E-state index < -0.39 is 45.7 Å². The highest BCUT2D eigenvalue weighted by Crippen LogP contribution is 2.62. The van der Waals surface area contributed by atoms with E-state index in [9.17, 15) is 31.7 Å². The Kier molecular flexibility index (Phi) is 5.40. The number of halogens is 4. The van der Waals surface area contributed by atoms with Gasteiger partial charge in [-0.25, -0.2) is 4.21 Å². The fourth-order valence-electron chi connectivity index (χ4n) is 5.49. The van der Waals surface area contributed by atoms with E-state index >= 15 is 0 Å². The molecule has 0 spiro atoms. The average molecular weight is 416 g/mol. The average Bonchev–Trinajstić information content (AvgIpc) is 2.51. The molecular formula is C17H24F4O5S. The summed E-state index contributed by atoms with van der Waals surface area (Å²) in [6.07, 6.45) is 2.39. The zero-order chi connectivity index (χ0) is 20.1. The molecule has 0 saturated heterocycles. The quantitative estimate of drug-likeness (QED) is 0.274. The van der Waals surface area contributed by atoms with Crippen LogP contribution in [0.1, 0.15) is 57.8 Å². The largest absolute Gasteiger partial charge is 0.465 e. The molecule has 0 aliphatic heterocycles. The Labute approximate surface area is 157 Å². The van der Waals surface area contributed by atoms with Gasteiger partial charge in [0.2, 0.25) is 11.1 Å². The van der Waals surface area contributed by atoms with Crippen LogP contribution >= 0.6 is 0 Å². The lowest BCUT2D eigenvalue weighted by molar-refractivity contribution is -0.196. The molecule has 4 aliphatic rings. The molecule has 0 radical (unpaired) electrons. The molecule has 3 atom stereocenters. The molecule has 10 heteroatoms. The van der Waals surface area contributed by atoms with Crippen LogP contribution in [0.25, 0.3) is 0 Å². The van der Waals surface area contributed by atoms with Gasteiger partial charge >= 0.3 is 17.1 Å². The minimum atomic E-state index is -5.02. The normalized spacial score (nSPS) is 36.7. The summed E-state index contributed by atoms with van der Waals surface area (Å²) in [4.78, 5) is 12.6. The van der Waals surface area contributed by atoms with Crippen molar-refractivity contribution >= 4 is 17.0 Å². The maximum atomic E-state index is 13.3. The SMILES string of the molecule is O=C(OCCCCC(F)(F)C(F)(F)S(=O)O)C12CC3CC(CC(O)(C3)C1)C2. The van der Waals surface area contributed by atoms with Crippen molar-refractivity contribution in [2.45, 2.75) is 74.6 Å². The van der Waals surface area contributed by atoms with E-state index in [1.54, 1.807) is 0 Å². The number of hydrogen-bond donors (Lipinski definition) is 2. The lowest BCUT2D eigenvalue weighted by atomic mass is 9.48. The predicted molar refractivity (Wildman–Crippen MR) is 87.5 cm³/mol. The van der Waals surface area contributed by atoms with Crippen LogP contribution in [0.5, 0.6) is 0 Å². The molecule has 27 heavy (non-hydrogen) atoms. The van der Waals surface area contributed by atoms with E-state index in [0.29, 0.717) is 43.9 Å². The monoisotopic (exact) mass is 416 g/mol. The number of carbonyl (C=O) groups excluding carboxylic acids is 1. The van der Waals surface area contributed by atoms with Crippen LogP contribution in [0, 0.1) is 17.3 Å². The molecular weight excluding hydrogens is 392 g/mol. The Bertz CT molecular complexity index is 612. The summed E-state index contributed by atoms with van der Waals surface area (Å²) in [5.74, 6) is -4.46. The highest BCUT2D eigenvalue weighted by atomic mass is 32.2. The van der Waals surface area contributed by atoms with Gasteiger partial charge in [0.15, 0.2) is 0 Å². The van der Waals surface area contributed by atoms with Crippen molar-refractivity contribution in [1.82, 2.24) is 0 Å². The molecule has 4 aliphatic carbocycles. The molecule has 0 aromatic rings. The maximum absolute atomic E-state index is 13.3. The molecule has 3 unspecified atom stereocenters. The van der Waals surface area contributed by atoms with Crippen LogP contribution in [-0.4, -0.2) is 43.2 Å². The smallest absolute Gasteiger partial charge is 0.406 e. The minimum Gasteiger partial charge on any atom is -0.465 e. The molecule has 4 saturated carbocycles. The van der Waals surface area contributed by atoms with Crippen LogP contribution in [0.4, 0.5) is 17.6 Å². The third-order valence-corrected chi connectivity index (χ3v) is 6.96. The number of aliphatic hydroxyl groups is 1. The minimum absolute atomic E-state index is 0.0529. The standard InChI is InChI=1S/C17H24F4O5S/c18-16(19,17(20,21)27(24)25)3-1-2-4-26-13(22)14-6-11-5-12(7-14)9-15(23,8-11)10-14/h11-12,23H,1-10H2,(H,24,25). The third-order valence-electron chi connectivity index (χ3n) is 6.23. The second-order valence-corrected chi connectivity index (χ2v) is 9.54. The summed E-state index contributed by atoms with van der Waals surface area (Å²) in [6.45, 7) is -0.182. The molecule has 0 amide bonds. The summed E-state index contributed by atoms with van der Waals surface area (Å²) in [5.41, 5.74) is -1.54. The van der Waals surface area contributed by atoms with Gasteiger partial charge in [0, 0.05) is 6.42 Å². The van der Waals surface area contributed by atoms with Gasteiger partial charge in [-0.05, 0) is 63.2 Å². The van der Waals surface area contributed by atoms with Crippen LogP contribution in [0.15, 0.2) is 0 Å². The Balaban J connectivity index is 1.46. The van der Waals surface area contributed by atoms with Crippen molar-refractivity contribution in [2.75, 3.05) is 6.61 Å². The first-order chi connectivity index (χ1) is 12.4. The topological polar surface area (TPSA) is 83.8 Å². The van der Waals surface area contributed by atoms with Crippen molar-refractivity contribution in [3.05, 3.63) is 0 Å². The fourth-order valence-corrected chi connectivity index (χ4v) is 5.85. The van der Waals surface area contributed by atoms with Crippen molar-refractivity contribution in [1.29, 1.82) is 0 Å². The van der Waals surface area contributed by atoms with Crippen molar-refractivity contribution in [3.63, 3.8) is 0 Å². The molecule has 2 N–H and O–H groups in total. The first-order valence-electron chi connectivity index (χ1n) is 9.15. The summed E-state index contributed by atoms with van der Waals surface area (Å²) in [7, 11) is 0.